The molecule has 4 rings (SSSR count). The van der Waals surface area contributed by atoms with Crippen molar-refractivity contribution in [3.05, 3.63) is 23.8 Å². The lowest BCUT2D eigenvalue weighted by atomic mass is 9.52. The van der Waals surface area contributed by atoms with Crippen molar-refractivity contribution in [3.63, 3.8) is 0 Å². The van der Waals surface area contributed by atoms with Gasteiger partial charge in [-0.3, -0.25) is 24.0 Å². The molecule has 4 aliphatic rings. The lowest BCUT2D eigenvalue weighted by molar-refractivity contribution is -0.255. The molecule has 0 radical (unpaired) electrons. The molecule has 2 aliphatic heterocycles. The molecule has 6 unspecified atom stereocenters. The SMILES string of the molecule is CC(=O)OC1C[C@]2(CO2)C2[C@@H](OC(C)=O)C3(O)C(/C=C(CO)\C=C/[C@@H](OC(=O)CC(C)C)[C@@]2(C)C1OC(C)=O)OC(=O)C3C. The first-order valence-electron chi connectivity index (χ1n) is 14.8. The van der Waals surface area contributed by atoms with Crippen LogP contribution in [0.2, 0.25) is 0 Å². The number of ether oxygens (including phenoxy) is 6. The summed E-state index contributed by atoms with van der Waals surface area (Å²) in [5.74, 6) is -6.02. The number of epoxide rings is 1. The van der Waals surface area contributed by atoms with Gasteiger partial charge in [0, 0.05) is 39.5 Å². The van der Waals surface area contributed by atoms with Crippen LogP contribution in [0.4, 0.5) is 0 Å². The molecule has 0 aromatic heterocycles. The summed E-state index contributed by atoms with van der Waals surface area (Å²) in [4.78, 5) is 64.0. The fourth-order valence-corrected chi connectivity index (χ4v) is 7.15. The van der Waals surface area contributed by atoms with Gasteiger partial charge in [0.25, 0.3) is 0 Å². The summed E-state index contributed by atoms with van der Waals surface area (Å²) in [6.45, 7) is 9.72. The number of fused-ring (bicyclic) bond motifs is 3. The highest BCUT2D eigenvalue weighted by Crippen LogP contribution is 2.62. The van der Waals surface area contributed by atoms with Gasteiger partial charge in [0.1, 0.15) is 30.0 Å². The van der Waals surface area contributed by atoms with Crippen LogP contribution in [0.3, 0.4) is 0 Å². The molecule has 244 valence electrons. The van der Waals surface area contributed by atoms with E-state index in [9.17, 15) is 34.2 Å². The molecule has 3 fully saturated rings. The number of rotatable bonds is 7. The first-order valence-corrected chi connectivity index (χ1v) is 14.8. The summed E-state index contributed by atoms with van der Waals surface area (Å²) < 4.78 is 35.2. The highest BCUT2D eigenvalue weighted by molar-refractivity contribution is 5.78. The van der Waals surface area contributed by atoms with Crippen LogP contribution in [-0.4, -0.2) is 95.0 Å². The molecule has 0 aromatic carbocycles. The molecule has 13 nitrogen and oxygen atoms in total. The maximum absolute atomic E-state index is 13.3. The summed E-state index contributed by atoms with van der Waals surface area (Å²) in [5.41, 5.74) is -4.90. The maximum Gasteiger partial charge on any atom is 0.312 e. The van der Waals surface area contributed by atoms with E-state index in [0.29, 0.717) is 0 Å². The fraction of sp³-hybridized carbons (Fsp3) is 0.710. The quantitative estimate of drug-likeness (QED) is 0.236. The van der Waals surface area contributed by atoms with Gasteiger partial charge in [-0.2, -0.15) is 0 Å². The Hall–Kier alpha value is -3.29. The molecule has 2 N–H and O–H groups in total. The van der Waals surface area contributed by atoms with E-state index in [1.165, 1.54) is 39.0 Å². The average molecular weight is 623 g/mol. The normalized spacial score (nSPS) is 41.3. The van der Waals surface area contributed by atoms with Gasteiger partial charge in [0.05, 0.1) is 24.5 Å². The van der Waals surface area contributed by atoms with Gasteiger partial charge in [-0.05, 0) is 30.6 Å². The van der Waals surface area contributed by atoms with E-state index in [-0.39, 0.29) is 30.9 Å². The second kappa shape index (κ2) is 12.2. The third-order valence-electron chi connectivity index (χ3n) is 9.14. The van der Waals surface area contributed by atoms with Gasteiger partial charge in [0.15, 0.2) is 11.7 Å². The average Bonchev–Trinajstić information content (AvgIpc) is 3.63. The van der Waals surface area contributed by atoms with E-state index in [1.54, 1.807) is 6.92 Å². The first-order chi connectivity index (χ1) is 20.5. The molecule has 44 heavy (non-hydrogen) atoms. The zero-order valence-corrected chi connectivity index (χ0v) is 26.1. The molecule has 1 saturated carbocycles. The number of carbonyl (C=O) groups is 5. The molecule has 10 atom stereocenters. The van der Waals surface area contributed by atoms with Crippen molar-refractivity contribution in [2.75, 3.05) is 13.2 Å². The summed E-state index contributed by atoms with van der Waals surface area (Å²) in [7, 11) is 0. The van der Waals surface area contributed by atoms with Crippen LogP contribution < -0.4 is 0 Å². The molecule has 13 heteroatoms. The molecule has 2 saturated heterocycles. The summed E-state index contributed by atoms with van der Waals surface area (Å²) in [6.07, 6.45) is -2.32. The lowest BCUT2D eigenvalue weighted by Gasteiger charge is -2.57. The van der Waals surface area contributed by atoms with Crippen molar-refractivity contribution in [2.24, 2.45) is 23.2 Å². The maximum atomic E-state index is 13.3. The number of aliphatic hydroxyl groups excluding tert-OH is 1. The van der Waals surface area contributed by atoms with Gasteiger partial charge in [-0.15, -0.1) is 0 Å². The minimum absolute atomic E-state index is 0.0272. The van der Waals surface area contributed by atoms with Crippen molar-refractivity contribution in [3.8, 4) is 0 Å². The fourth-order valence-electron chi connectivity index (χ4n) is 7.15. The van der Waals surface area contributed by atoms with E-state index in [2.05, 4.69) is 0 Å². The highest BCUT2D eigenvalue weighted by Gasteiger charge is 2.77. The van der Waals surface area contributed by atoms with E-state index in [4.69, 9.17) is 28.4 Å². The molecule has 0 bridgehead atoms. The Morgan fingerprint density at radius 3 is 2.14 bits per heavy atom. The first kappa shape index (κ1) is 33.6. The van der Waals surface area contributed by atoms with Crippen LogP contribution in [0.25, 0.3) is 0 Å². The minimum Gasteiger partial charge on any atom is -0.459 e. The van der Waals surface area contributed by atoms with Gasteiger partial charge in [-0.25, -0.2) is 0 Å². The predicted molar refractivity (Wildman–Crippen MR) is 149 cm³/mol. The van der Waals surface area contributed by atoms with Crippen molar-refractivity contribution in [1.82, 2.24) is 0 Å². The second-order valence-corrected chi connectivity index (χ2v) is 12.8. The van der Waals surface area contributed by atoms with Gasteiger partial charge in [0.2, 0.25) is 0 Å². The van der Waals surface area contributed by atoms with E-state index in [0.717, 1.165) is 6.92 Å². The van der Waals surface area contributed by atoms with Gasteiger partial charge >= 0.3 is 29.8 Å². The van der Waals surface area contributed by atoms with Crippen LogP contribution in [-0.2, 0) is 52.4 Å². The summed E-state index contributed by atoms with van der Waals surface area (Å²) in [5, 5.41) is 22.8. The lowest BCUT2D eigenvalue weighted by Crippen LogP contribution is -2.71. The molecule has 1 spiro atoms. The summed E-state index contributed by atoms with van der Waals surface area (Å²) >= 11 is 0. The number of carbonyl (C=O) groups excluding carboxylic acids is 5. The monoisotopic (exact) mass is 622 g/mol. The van der Waals surface area contributed by atoms with Crippen LogP contribution in [0.15, 0.2) is 23.8 Å². The Bertz CT molecular complexity index is 1250. The highest BCUT2D eigenvalue weighted by atomic mass is 16.6. The minimum atomic E-state index is -2.22. The number of hydrogen-bond acceptors (Lipinski definition) is 13. The van der Waals surface area contributed by atoms with E-state index in [1.807, 2.05) is 13.8 Å². The van der Waals surface area contributed by atoms with Gasteiger partial charge < -0.3 is 38.6 Å². The Kier molecular flexibility index (Phi) is 9.35. The van der Waals surface area contributed by atoms with E-state index < -0.39 is 95.4 Å². The number of aliphatic hydroxyl groups is 2. The van der Waals surface area contributed by atoms with Crippen LogP contribution in [0.1, 0.15) is 61.3 Å². The van der Waals surface area contributed by atoms with Crippen molar-refractivity contribution in [2.45, 2.75) is 103 Å². The van der Waals surface area contributed by atoms with Crippen molar-refractivity contribution >= 4 is 29.8 Å². The molecule has 2 aliphatic carbocycles. The topological polar surface area (TPSA) is 184 Å². The van der Waals surface area contributed by atoms with Crippen LogP contribution in [0, 0.1) is 23.2 Å². The second-order valence-electron chi connectivity index (χ2n) is 12.8. The van der Waals surface area contributed by atoms with Crippen LogP contribution in [0.5, 0.6) is 0 Å². The third kappa shape index (κ3) is 6.01. The predicted octanol–water partition coefficient (Wildman–Crippen LogP) is 1.32. The van der Waals surface area contributed by atoms with E-state index >= 15 is 0 Å². The standard InChI is InChI=1S/C31H42O13/c1-15(2)10-24(36)43-22-9-8-20(13-32)11-23-31(38,16(3)28(37)44-23)27(42-19(6)35)25-29(22,7)26(41-18(5)34)21(40-17(4)33)12-30(25)14-39-30/h8-9,11,15-16,21-23,25-27,32,38H,10,12-14H2,1-7H3/b9-8-,20-11+/t16?,21?,22-,23?,25?,26?,27-,29-,30+,31?/m1/s1. The molecular formula is C31H42O13. The smallest absolute Gasteiger partial charge is 0.312 e. The van der Waals surface area contributed by atoms with Crippen LogP contribution >= 0.6 is 0 Å². The van der Waals surface area contributed by atoms with Crippen molar-refractivity contribution in [1.29, 1.82) is 0 Å². The number of esters is 5. The Morgan fingerprint density at radius 1 is 1.02 bits per heavy atom. The zero-order valence-electron chi connectivity index (χ0n) is 26.1. The number of hydrogen-bond donors (Lipinski definition) is 2. The summed E-state index contributed by atoms with van der Waals surface area (Å²) in [6, 6.07) is 0. The third-order valence-corrected chi connectivity index (χ3v) is 9.14. The Morgan fingerprint density at radius 2 is 1.61 bits per heavy atom. The Labute approximate surface area is 255 Å². The van der Waals surface area contributed by atoms with Crippen molar-refractivity contribution < 1.29 is 62.6 Å². The molecule has 2 heterocycles. The molecular weight excluding hydrogens is 580 g/mol. The largest absolute Gasteiger partial charge is 0.459 e. The molecule has 0 aromatic rings. The zero-order chi connectivity index (χ0) is 32.8. The molecule has 0 amide bonds. The van der Waals surface area contributed by atoms with Gasteiger partial charge in [-0.1, -0.05) is 26.8 Å². The Balaban J connectivity index is 2.07.